The van der Waals surface area contributed by atoms with Crippen LogP contribution >= 0.6 is 27.3 Å². The van der Waals surface area contributed by atoms with Gasteiger partial charge in [-0.2, -0.15) is 0 Å². The van der Waals surface area contributed by atoms with Crippen LogP contribution in [0.15, 0.2) is 46.3 Å². The minimum absolute atomic E-state index is 1.13. The molecule has 0 amide bonds. The Kier molecular flexibility index (Phi) is 2.28. The summed E-state index contributed by atoms with van der Waals surface area (Å²) in [5, 5.41) is 2.09. The maximum Gasteiger partial charge on any atom is 0.0342 e. The van der Waals surface area contributed by atoms with Crippen LogP contribution in [-0.2, 0) is 0 Å². The molecule has 0 unspecified atom stereocenters. The molecule has 1 aromatic heterocycles. The number of benzene rings is 1. The maximum atomic E-state index is 3.41. The first-order chi connectivity index (χ1) is 5.86. The van der Waals surface area contributed by atoms with Crippen molar-refractivity contribution in [2.24, 2.45) is 0 Å². The molecule has 0 aliphatic carbocycles. The van der Waals surface area contributed by atoms with Gasteiger partial charge in [-0.05, 0) is 29.1 Å². The first-order valence-electron chi connectivity index (χ1n) is 3.66. The van der Waals surface area contributed by atoms with Gasteiger partial charge >= 0.3 is 0 Å². The highest BCUT2D eigenvalue weighted by Gasteiger charge is 1.96. The Balaban J connectivity index is 2.43. The van der Waals surface area contributed by atoms with E-state index in [1.165, 1.54) is 10.4 Å². The summed E-state index contributed by atoms with van der Waals surface area (Å²) in [6.07, 6.45) is 0. The zero-order valence-corrected chi connectivity index (χ0v) is 8.73. The van der Waals surface area contributed by atoms with Gasteiger partial charge in [-0.15, -0.1) is 11.3 Å². The number of rotatable bonds is 1. The minimum atomic E-state index is 1.13. The quantitative estimate of drug-likeness (QED) is 0.700. The van der Waals surface area contributed by atoms with E-state index < -0.39 is 0 Å². The van der Waals surface area contributed by atoms with Gasteiger partial charge in [-0.1, -0.05) is 34.1 Å². The van der Waals surface area contributed by atoms with E-state index in [2.05, 4.69) is 57.7 Å². The molecule has 2 heteroatoms. The van der Waals surface area contributed by atoms with Crippen LogP contribution in [0.5, 0.6) is 0 Å². The van der Waals surface area contributed by atoms with Gasteiger partial charge in [0.1, 0.15) is 0 Å². The van der Waals surface area contributed by atoms with Gasteiger partial charge in [0.05, 0.1) is 0 Å². The van der Waals surface area contributed by atoms with E-state index in [0.29, 0.717) is 0 Å². The number of thiophene rings is 1. The number of hydrogen-bond donors (Lipinski definition) is 0. The van der Waals surface area contributed by atoms with Crippen molar-refractivity contribution >= 4 is 27.3 Å². The molecule has 0 aliphatic rings. The lowest BCUT2D eigenvalue weighted by molar-refractivity contribution is 1.65. The second kappa shape index (κ2) is 3.42. The van der Waals surface area contributed by atoms with Crippen LogP contribution in [0.25, 0.3) is 10.4 Å². The molecule has 2 rings (SSSR count). The van der Waals surface area contributed by atoms with E-state index in [4.69, 9.17) is 0 Å². The molecular weight excluding hydrogens is 232 g/mol. The molecule has 0 nitrogen and oxygen atoms in total. The Bertz CT molecular complexity index is 348. The van der Waals surface area contributed by atoms with Crippen molar-refractivity contribution in [1.29, 1.82) is 0 Å². The Morgan fingerprint density at radius 1 is 1.00 bits per heavy atom. The topological polar surface area (TPSA) is 0 Å². The summed E-state index contributed by atoms with van der Waals surface area (Å²) < 4.78 is 1.13. The lowest BCUT2D eigenvalue weighted by Gasteiger charge is -1.95. The molecule has 0 radical (unpaired) electrons. The fourth-order valence-corrected chi connectivity index (χ4v) is 2.05. The van der Waals surface area contributed by atoms with Gasteiger partial charge in [-0.25, -0.2) is 0 Å². The fourth-order valence-electron chi connectivity index (χ4n) is 1.06. The van der Waals surface area contributed by atoms with Crippen LogP contribution in [0.3, 0.4) is 0 Å². The average molecular weight is 239 g/mol. The molecule has 1 heterocycles. The standard InChI is InChI=1S/C10H7BrS/c11-9-5-3-8(4-6-9)10-2-1-7-12-10/h1-7H. The lowest BCUT2D eigenvalue weighted by Crippen LogP contribution is -1.69. The van der Waals surface area contributed by atoms with Crippen LogP contribution in [0, 0.1) is 0 Å². The van der Waals surface area contributed by atoms with Gasteiger partial charge in [0.2, 0.25) is 0 Å². The van der Waals surface area contributed by atoms with Crippen LogP contribution in [0.4, 0.5) is 0 Å². The van der Waals surface area contributed by atoms with Crippen LogP contribution in [0.1, 0.15) is 0 Å². The summed E-state index contributed by atoms with van der Waals surface area (Å²) in [5.41, 5.74) is 1.29. The van der Waals surface area contributed by atoms with Crippen LogP contribution in [0.2, 0.25) is 0 Å². The molecule has 0 atom stereocenters. The molecule has 60 valence electrons. The number of halogens is 1. The molecular formula is C10H7BrS. The molecule has 0 aliphatic heterocycles. The van der Waals surface area contributed by atoms with E-state index in [9.17, 15) is 0 Å². The zero-order valence-electron chi connectivity index (χ0n) is 6.33. The van der Waals surface area contributed by atoms with Crippen molar-refractivity contribution in [3.8, 4) is 10.4 Å². The normalized spacial score (nSPS) is 10.1. The SMILES string of the molecule is Brc1ccc(-c2cccs2)cc1. The molecule has 12 heavy (non-hydrogen) atoms. The highest BCUT2D eigenvalue weighted by molar-refractivity contribution is 9.10. The highest BCUT2D eigenvalue weighted by atomic mass is 79.9. The molecule has 1 aromatic carbocycles. The molecule has 0 spiro atoms. The Labute approximate surface area is 84.0 Å². The predicted octanol–water partition coefficient (Wildman–Crippen LogP) is 4.18. The predicted molar refractivity (Wildman–Crippen MR) is 57.5 cm³/mol. The van der Waals surface area contributed by atoms with E-state index in [0.717, 1.165) is 4.47 Å². The molecule has 0 N–H and O–H groups in total. The summed E-state index contributed by atoms with van der Waals surface area (Å²) >= 11 is 5.18. The monoisotopic (exact) mass is 238 g/mol. The minimum Gasteiger partial charge on any atom is -0.144 e. The van der Waals surface area contributed by atoms with E-state index in [1.54, 1.807) is 11.3 Å². The first kappa shape index (κ1) is 8.02. The average Bonchev–Trinajstić information content (AvgIpc) is 2.58. The molecule has 0 bridgehead atoms. The Hall–Kier alpha value is -0.600. The third kappa shape index (κ3) is 1.59. The van der Waals surface area contributed by atoms with Crippen LogP contribution in [-0.4, -0.2) is 0 Å². The largest absolute Gasteiger partial charge is 0.144 e. The summed E-state index contributed by atoms with van der Waals surface area (Å²) in [6, 6.07) is 12.6. The Morgan fingerprint density at radius 3 is 2.33 bits per heavy atom. The van der Waals surface area contributed by atoms with Gasteiger partial charge in [-0.3, -0.25) is 0 Å². The van der Waals surface area contributed by atoms with Crippen molar-refractivity contribution in [2.45, 2.75) is 0 Å². The van der Waals surface area contributed by atoms with Gasteiger partial charge < -0.3 is 0 Å². The van der Waals surface area contributed by atoms with Gasteiger partial charge in [0.25, 0.3) is 0 Å². The molecule has 0 saturated carbocycles. The van der Waals surface area contributed by atoms with Gasteiger partial charge in [0.15, 0.2) is 0 Å². The summed E-state index contributed by atoms with van der Waals surface area (Å²) in [7, 11) is 0. The van der Waals surface area contributed by atoms with E-state index in [-0.39, 0.29) is 0 Å². The fraction of sp³-hybridized carbons (Fsp3) is 0. The zero-order chi connectivity index (χ0) is 8.39. The molecule has 0 saturated heterocycles. The summed E-state index contributed by atoms with van der Waals surface area (Å²) in [5.74, 6) is 0. The second-order valence-corrected chi connectivity index (χ2v) is 4.35. The van der Waals surface area contributed by atoms with Crippen molar-refractivity contribution in [3.63, 3.8) is 0 Å². The summed E-state index contributed by atoms with van der Waals surface area (Å²) in [4.78, 5) is 1.32. The highest BCUT2D eigenvalue weighted by Crippen LogP contribution is 2.25. The maximum absolute atomic E-state index is 3.41. The van der Waals surface area contributed by atoms with Crippen molar-refractivity contribution in [2.75, 3.05) is 0 Å². The van der Waals surface area contributed by atoms with Crippen LogP contribution < -0.4 is 0 Å². The molecule has 2 aromatic rings. The Morgan fingerprint density at radius 2 is 1.75 bits per heavy atom. The first-order valence-corrected chi connectivity index (χ1v) is 5.33. The number of hydrogen-bond acceptors (Lipinski definition) is 1. The third-order valence-corrected chi connectivity index (χ3v) is 3.10. The van der Waals surface area contributed by atoms with Crippen molar-refractivity contribution in [3.05, 3.63) is 46.3 Å². The van der Waals surface area contributed by atoms with Crippen molar-refractivity contribution in [1.82, 2.24) is 0 Å². The smallest absolute Gasteiger partial charge is 0.0342 e. The molecule has 0 fully saturated rings. The third-order valence-electron chi connectivity index (χ3n) is 1.65. The lowest BCUT2D eigenvalue weighted by atomic mass is 10.2. The van der Waals surface area contributed by atoms with Crippen molar-refractivity contribution < 1.29 is 0 Å². The summed E-state index contributed by atoms with van der Waals surface area (Å²) in [6.45, 7) is 0. The van der Waals surface area contributed by atoms with E-state index in [1.807, 2.05) is 0 Å². The second-order valence-electron chi connectivity index (χ2n) is 2.48. The van der Waals surface area contributed by atoms with Gasteiger partial charge in [0, 0.05) is 9.35 Å². The van der Waals surface area contributed by atoms with E-state index >= 15 is 0 Å².